The van der Waals surface area contributed by atoms with E-state index in [0.717, 1.165) is 5.56 Å². The van der Waals surface area contributed by atoms with Gasteiger partial charge in [0, 0.05) is 13.1 Å². The number of phenolic OH excluding ortho intramolecular Hbond substituents is 1. The molecule has 3 N–H and O–H groups in total. The monoisotopic (exact) mass is 328 g/mol. The molecule has 0 fully saturated rings. The Hall–Kier alpha value is -1.80. The summed E-state index contributed by atoms with van der Waals surface area (Å²) in [5.74, 6) is -0.410. The third-order valence-corrected chi connectivity index (χ3v) is 4.19. The third kappa shape index (κ3) is 3.69. The van der Waals surface area contributed by atoms with Crippen LogP contribution in [0.1, 0.15) is 31.9 Å². The van der Waals surface area contributed by atoms with Crippen LogP contribution in [0, 0.1) is 0 Å². The van der Waals surface area contributed by atoms with E-state index in [1.807, 2.05) is 0 Å². The molecular formula is C14H20N2O5S. The second kappa shape index (κ2) is 5.44. The lowest BCUT2D eigenvalue weighted by Gasteiger charge is -2.31. The number of carbonyl (C=O) groups excluding carboxylic acids is 1. The smallest absolute Gasteiger partial charge is 0.410 e. The zero-order valence-corrected chi connectivity index (χ0v) is 13.6. The van der Waals surface area contributed by atoms with Crippen molar-refractivity contribution in [1.82, 2.24) is 4.90 Å². The Balaban J connectivity index is 2.25. The Morgan fingerprint density at radius 3 is 2.50 bits per heavy atom. The number of amides is 1. The molecule has 0 saturated heterocycles. The molecule has 8 heteroatoms. The predicted octanol–water partition coefficient (Wildman–Crippen LogP) is 1.33. The normalized spacial score (nSPS) is 15.4. The molecule has 122 valence electrons. The van der Waals surface area contributed by atoms with Crippen LogP contribution in [0.25, 0.3) is 0 Å². The van der Waals surface area contributed by atoms with Crippen molar-refractivity contribution in [2.75, 3.05) is 6.54 Å². The SMILES string of the molecule is CC(C)(C)OC(=O)N1CCc2cc(S(N)(=O)=O)c(O)cc2C1. The Kier molecular flexibility index (Phi) is 4.09. The maximum Gasteiger partial charge on any atom is 0.410 e. The number of sulfonamides is 1. The minimum Gasteiger partial charge on any atom is -0.507 e. The Bertz CT molecular complexity index is 707. The van der Waals surface area contributed by atoms with Crippen LogP contribution in [0.3, 0.4) is 0 Å². The number of benzene rings is 1. The highest BCUT2D eigenvalue weighted by Gasteiger charge is 2.27. The molecule has 1 aromatic rings. The lowest BCUT2D eigenvalue weighted by atomic mass is 10.00. The second-order valence-corrected chi connectivity index (χ2v) is 7.82. The zero-order valence-electron chi connectivity index (χ0n) is 12.8. The molecule has 2 rings (SSSR count). The van der Waals surface area contributed by atoms with Crippen molar-refractivity contribution in [1.29, 1.82) is 0 Å². The molecule has 0 atom stereocenters. The molecule has 7 nitrogen and oxygen atoms in total. The van der Waals surface area contributed by atoms with Crippen molar-refractivity contribution in [3.8, 4) is 5.75 Å². The fourth-order valence-corrected chi connectivity index (χ4v) is 2.94. The minimum absolute atomic E-state index is 0.253. The van der Waals surface area contributed by atoms with E-state index in [4.69, 9.17) is 9.88 Å². The average Bonchev–Trinajstić information content (AvgIpc) is 2.33. The summed E-state index contributed by atoms with van der Waals surface area (Å²) >= 11 is 0. The topological polar surface area (TPSA) is 110 Å². The summed E-state index contributed by atoms with van der Waals surface area (Å²) in [5, 5.41) is 14.9. The van der Waals surface area contributed by atoms with E-state index in [1.165, 1.54) is 17.0 Å². The van der Waals surface area contributed by atoms with Crippen LogP contribution < -0.4 is 5.14 Å². The van der Waals surface area contributed by atoms with Gasteiger partial charge >= 0.3 is 6.09 Å². The van der Waals surface area contributed by atoms with Gasteiger partial charge in [-0.15, -0.1) is 0 Å². The maximum atomic E-state index is 12.1. The van der Waals surface area contributed by atoms with E-state index >= 15 is 0 Å². The van der Waals surface area contributed by atoms with Crippen molar-refractivity contribution in [2.24, 2.45) is 5.14 Å². The molecule has 22 heavy (non-hydrogen) atoms. The number of aromatic hydroxyl groups is 1. The molecule has 0 radical (unpaired) electrons. The fraction of sp³-hybridized carbons (Fsp3) is 0.500. The quantitative estimate of drug-likeness (QED) is 0.808. The molecule has 0 unspecified atom stereocenters. The van der Waals surface area contributed by atoms with E-state index < -0.39 is 27.5 Å². The number of hydrogen-bond acceptors (Lipinski definition) is 5. The summed E-state index contributed by atoms with van der Waals surface area (Å²) in [6, 6.07) is 2.71. The Morgan fingerprint density at radius 2 is 1.95 bits per heavy atom. The van der Waals surface area contributed by atoms with Gasteiger partial charge in [-0.25, -0.2) is 18.4 Å². The number of hydrogen-bond donors (Lipinski definition) is 2. The molecule has 1 aliphatic heterocycles. The van der Waals surface area contributed by atoms with E-state index in [-0.39, 0.29) is 11.4 Å². The van der Waals surface area contributed by atoms with Crippen molar-refractivity contribution < 1.29 is 23.1 Å². The summed E-state index contributed by atoms with van der Waals surface area (Å²) in [4.78, 5) is 13.3. The lowest BCUT2D eigenvalue weighted by molar-refractivity contribution is 0.0223. The third-order valence-electron chi connectivity index (χ3n) is 3.25. The summed E-state index contributed by atoms with van der Waals surface area (Å²) in [6.45, 7) is 6.02. The molecular weight excluding hydrogens is 308 g/mol. The zero-order chi connectivity index (χ0) is 16.7. The maximum absolute atomic E-state index is 12.1. The number of phenols is 1. The largest absolute Gasteiger partial charge is 0.507 e. The molecule has 0 saturated carbocycles. The van der Waals surface area contributed by atoms with Crippen molar-refractivity contribution in [2.45, 2.75) is 44.2 Å². The number of ether oxygens (including phenoxy) is 1. The van der Waals surface area contributed by atoms with Gasteiger partial charge in [0.1, 0.15) is 16.2 Å². The van der Waals surface area contributed by atoms with Crippen LogP contribution in [0.15, 0.2) is 17.0 Å². The van der Waals surface area contributed by atoms with Crippen molar-refractivity contribution >= 4 is 16.1 Å². The first-order valence-corrected chi connectivity index (χ1v) is 8.37. The van der Waals surface area contributed by atoms with Gasteiger partial charge in [-0.05, 0) is 50.5 Å². The average molecular weight is 328 g/mol. The van der Waals surface area contributed by atoms with Crippen molar-refractivity contribution in [3.63, 3.8) is 0 Å². The summed E-state index contributed by atoms with van der Waals surface area (Å²) < 4.78 is 28.1. The van der Waals surface area contributed by atoms with Crippen LogP contribution in [0.5, 0.6) is 5.75 Å². The van der Waals surface area contributed by atoms with Gasteiger partial charge in [0.25, 0.3) is 0 Å². The number of fused-ring (bicyclic) bond motifs is 1. The standard InChI is InChI=1S/C14H20N2O5S/c1-14(2,3)21-13(18)16-5-4-9-7-12(22(15,19)20)11(17)6-10(9)8-16/h6-7,17H,4-5,8H2,1-3H3,(H2,15,19,20). The minimum atomic E-state index is -3.98. The second-order valence-electron chi connectivity index (χ2n) is 6.29. The Labute approximate surface area is 129 Å². The number of carbonyl (C=O) groups is 1. The fourth-order valence-electron chi connectivity index (χ4n) is 2.28. The van der Waals surface area contributed by atoms with Gasteiger partial charge in [0.05, 0.1) is 0 Å². The van der Waals surface area contributed by atoms with Gasteiger partial charge in [-0.3, -0.25) is 0 Å². The number of nitrogens with zero attached hydrogens (tertiary/aromatic N) is 1. The molecule has 0 spiro atoms. The first-order chi connectivity index (χ1) is 9.97. The number of nitrogens with two attached hydrogens (primary N) is 1. The van der Waals surface area contributed by atoms with E-state index in [1.54, 1.807) is 20.8 Å². The van der Waals surface area contributed by atoms with Crippen molar-refractivity contribution in [3.05, 3.63) is 23.3 Å². The van der Waals surface area contributed by atoms with E-state index in [2.05, 4.69) is 0 Å². The molecule has 0 aromatic heterocycles. The highest BCUT2D eigenvalue weighted by Crippen LogP contribution is 2.30. The van der Waals surface area contributed by atoms with E-state index in [0.29, 0.717) is 18.5 Å². The first-order valence-electron chi connectivity index (χ1n) is 6.83. The summed E-state index contributed by atoms with van der Waals surface area (Å²) in [7, 11) is -3.98. The van der Waals surface area contributed by atoms with Gasteiger partial charge < -0.3 is 14.7 Å². The van der Waals surface area contributed by atoms with Crippen LogP contribution in [0.4, 0.5) is 4.79 Å². The predicted molar refractivity (Wildman–Crippen MR) is 79.8 cm³/mol. The molecule has 1 heterocycles. The van der Waals surface area contributed by atoms with Gasteiger partial charge in [-0.2, -0.15) is 0 Å². The summed E-state index contributed by atoms with van der Waals surface area (Å²) in [6.07, 6.45) is 0.0327. The van der Waals surface area contributed by atoms with Crippen LogP contribution in [-0.4, -0.2) is 36.7 Å². The van der Waals surface area contributed by atoms with Gasteiger partial charge in [-0.1, -0.05) is 0 Å². The molecule has 1 aliphatic rings. The molecule has 1 aromatic carbocycles. The van der Waals surface area contributed by atoms with Gasteiger partial charge in [0.15, 0.2) is 0 Å². The van der Waals surface area contributed by atoms with Gasteiger partial charge in [0.2, 0.25) is 10.0 Å². The first kappa shape index (κ1) is 16.6. The van der Waals surface area contributed by atoms with Crippen LogP contribution in [0.2, 0.25) is 0 Å². The van der Waals surface area contributed by atoms with E-state index in [9.17, 15) is 18.3 Å². The summed E-state index contributed by atoms with van der Waals surface area (Å²) in [5.41, 5.74) is 0.848. The molecule has 0 bridgehead atoms. The lowest BCUT2D eigenvalue weighted by Crippen LogP contribution is -2.40. The molecule has 1 amide bonds. The Morgan fingerprint density at radius 1 is 1.32 bits per heavy atom. The highest BCUT2D eigenvalue weighted by molar-refractivity contribution is 7.89. The van der Waals surface area contributed by atoms with Crippen LogP contribution >= 0.6 is 0 Å². The number of primary sulfonamides is 1. The number of rotatable bonds is 1. The van der Waals surface area contributed by atoms with Crippen LogP contribution in [-0.2, 0) is 27.7 Å². The highest BCUT2D eigenvalue weighted by atomic mass is 32.2. The molecule has 0 aliphatic carbocycles.